The van der Waals surface area contributed by atoms with Crippen molar-refractivity contribution >= 4 is 11.9 Å². The minimum Gasteiger partial charge on any atom is -0.323 e. The van der Waals surface area contributed by atoms with Gasteiger partial charge in [-0.2, -0.15) is 0 Å². The summed E-state index contributed by atoms with van der Waals surface area (Å²) in [6, 6.07) is 5.58. The van der Waals surface area contributed by atoms with Crippen molar-refractivity contribution in [2.24, 2.45) is 5.92 Å². The number of carbonyl (C=O) groups is 2. The normalized spacial score (nSPS) is 29.2. The minimum atomic E-state index is -0.777. The Morgan fingerprint density at radius 2 is 2.27 bits per heavy atom. The number of hydrogen-bond donors (Lipinski definition) is 2. The molecule has 2 atom stereocenters. The van der Waals surface area contributed by atoms with E-state index in [1.165, 1.54) is 0 Å². The van der Waals surface area contributed by atoms with Crippen LogP contribution < -0.4 is 10.6 Å². The van der Waals surface area contributed by atoms with Gasteiger partial charge in [0, 0.05) is 37.3 Å². The molecular formula is C16H22N4O2. The molecule has 2 aliphatic rings. The van der Waals surface area contributed by atoms with Crippen LogP contribution in [0.3, 0.4) is 0 Å². The first-order chi connectivity index (χ1) is 10.6. The Hall–Kier alpha value is -1.95. The molecule has 3 amide bonds. The zero-order valence-corrected chi connectivity index (χ0v) is 12.8. The zero-order valence-electron chi connectivity index (χ0n) is 12.8. The summed E-state index contributed by atoms with van der Waals surface area (Å²) < 4.78 is 0. The highest BCUT2D eigenvalue weighted by molar-refractivity contribution is 6.06. The lowest BCUT2D eigenvalue weighted by atomic mass is 9.80. The van der Waals surface area contributed by atoms with Crippen LogP contribution in [-0.2, 0) is 11.2 Å². The Morgan fingerprint density at radius 3 is 2.95 bits per heavy atom. The molecule has 0 aliphatic carbocycles. The first kappa shape index (κ1) is 15.0. The second-order valence-electron chi connectivity index (χ2n) is 6.32. The summed E-state index contributed by atoms with van der Waals surface area (Å²) >= 11 is 0. The third-order valence-electron chi connectivity index (χ3n) is 4.80. The maximum atomic E-state index is 12.1. The minimum absolute atomic E-state index is 0.149. The molecular weight excluding hydrogens is 280 g/mol. The van der Waals surface area contributed by atoms with E-state index in [1.54, 1.807) is 0 Å². The third kappa shape index (κ3) is 2.97. The fraction of sp³-hybridized carbons (Fsp3) is 0.562. The lowest BCUT2D eigenvalue weighted by Gasteiger charge is -2.39. The summed E-state index contributed by atoms with van der Waals surface area (Å²) in [7, 11) is 0. The Kier molecular flexibility index (Phi) is 4.11. The Balaban J connectivity index is 1.60. The quantitative estimate of drug-likeness (QED) is 0.812. The van der Waals surface area contributed by atoms with Crippen LogP contribution in [0.1, 0.15) is 25.5 Å². The summed E-state index contributed by atoms with van der Waals surface area (Å²) in [5, 5.41) is 5.17. The average Bonchev–Trinajstić information content (AvgIpc) is 2.80. The van der Waals surface area contributed by atoms with Gasteiger partial charge in [-0.15, -0.1) is 0 Å². The molecule has 0 radical (unpaired) electrons. The molecule has 2 fully saturated rings. The molecule has 1 aromatic rings. The standard InChI is InChI=1S/C16H22N4O2/c1-16(14(21)18-15(22)19-16)12-5-4-9-20(11-12)10-7-13-6-2-3-8-17-13/h2-3,6,8,12H,4-5,7,9-11H2,1H3,(H2,18,19,21,22). The van der Waals surface area contributed by atoms with E-state index in [9.17, 15) is 9.59 Å². The smallest absolute Gasteiger partial charge is 0.322 e. The van der Waals surface area contributed by atoms with E-state index >= 15 is 0 Å². The van der Waals surface area contributed by atoms with Gasteiger partial charge in [0.15, 0.2) is 0 Å². The van der Waals surface area contributed by atoms with Crippen LogP contribution in [0.4, 0.5) is 4.79 Å². The summed E-state index contributed by atoms with van der Waals surface area (Å²) in [5.74, 6) is -0.0505. The number of rotatable bonds is 4. The maximum Gasteiger partial charge on any atom is 0.322 e. The number of pyridine rings is 1. The number of amides is 3. The van der Waals surface area contributed by atoms with E-state index in [0.29, 0.717) is 0 Å². The predicted octanol–water partition coefficient (Wildman–Crippen LogP) is 0.934. The van der Waals surface area contributed by atoms with Crippen molar-refractivity contribution in [1.82, 2.24) is 20.5 Å². The number of likely N-dealkylation sites (tertiary alicyclic amines) is 1. The molecule has 0 saturated carbocycles. The van der Waals surface area contributed by atoms with Gasteiger partial charge in [0.05, 0.1) is 0 Å². The molecule has 0 bridgehead atoms. The molecule has 6 nitrogen and oxygen atoms in total. The van der Waals surface area contributed by atoms with Gasteiger partial charge < -0.3 is 10.2 Å². The summed E-state index contributed by atoms with van der Waals surface area (Å²) in [4.78, 5) is 30.2. The van der Waals surface area contributed by atoms with Gasteiger partial charge in [-0.1, -0.05) is 6.07 Å². The van der Waals surface area contributed by atoms with Crippen LogP contribution in [0, 0.1) is 5.92 Å². The molecule has 6 heteroatoms. The number of nitrogens with one attached hydrogen (secondary N) is 2. The molecule has 2 aliphatic heterocycles. The van der Waals surface area contributed by atoms with Gasteiger partial charge in [-0.3, -0.25) is 15.1 Å². The SMILES string of the molecule is CC1(C2CCCN(CCc3ccccn3)C2)NC(=O)NC1=O. The molecule has 118 valence electrons. The van der Waals surface area contributed by atoms with Crippen molar-refractivity contribution in [3.63, 3.8) is 0 Å². The predicted molar refractivity (Wildman–Crippen MR) is 82.2 cm³/mol. The van der Waals surface area contributed by atoms with E-state index in [0.717, 1.165) is 44.6 Å². The lowest BCUT2D eigenvalue weighted by molar-refractivity contribution is -0.126. The van der Waals surface area contributed by atoms with Crippen LogP contribution in [-0.4, -0.2) is 47.0 Å². The molecule has 2 unspecified atom stereocenters. The van der Waals surface area contributed by atoms with Crippen molar-refractivity contribution in [2.75, 3.05) is 19.6 Å². The fourth-order valence-corrected chi connectivity index (χ4v) is 3.39. The number of nitrogens with zero attached hydrogens (tertiary/aromatic N) is 2. The monoisotopic (exact) mass is 302 g/mol. The number of urea groups is 1. The van der Waals surface area contributed by atoms with Gasteiger partial charge in [0.25, 0.3) is 5.91 Å². The van der Waals surface area contributed by atoms with Gasteiger partial charge in [-0.25, -0.2) is 4.79 Å². The summed E-state index contributed by atoms with van der Waals surface area (Å²) in [5.41, 5.74) is 0.309. The molecule has 2 saturated heterocycles. The summed E-state index contributed by atoms with van der Waals surface area (Å²) in [6.45, 7) is 4.63. The van der Waals surface area contributed by atoms with Gasteiger partial charge in [-0.05, 0) is 38.4 Å². The van der Waals surface area contributed by atoms with E-state index in [-0.39, 0.29) is 17.9 Å². The molecule has 1 aromatic heterocycles. The van der Waals surface area contributed by atoms with Crippen molar-refractivity contribution in [3.8, 4) is 0 Å². The maximum absolute atomic E-state index is 12.1. The van der Waals surface area contributed by atoms with Crippen molar-refractivity contribution < 1.29 is 9.59 Å². The first-order valence-corrected chi connectivity index (χ1v) is 7.84. The van der Waals surface area contributed by atoms with E-state index < -0.39 is 5.54 Å². The highest BCUT2D eigenvalue weighted by atomic mass is 16.2. The molecule has 0 aromatic carbocycles. The van der Waals surface area contributed by atoms with Crippen LogP contribution in [0.25, 0.3) is 0 Å². The van der Waals surface area contributed by atoms with Crippen molar-refractivity contribution in [1.29, 1.82) is 0 Å². The highest BCUT2D eigenvalue weighted by Crippen LogP contribution is 2.29. The molecule has 3 heterocycles. The van der Waals surface area contributed by atoms with Gasteiger partial charge in [0.1, 0.15) is 5.54 Å². The van der Waals surface area contributed by atoms with Crippen LogP contribution in [0.5, 0.6) is 0 Å². The molecule has 0 spiro atoms. The largest absolute Gasteiger partial charge is 0.323 e. The molecule has 3 rings (SSSR count). The molecule has 2 N–H and O–H groups in total. The zero-order chi connectivity index (χ0) is 15.6. The lowest BCUT2D eigenvalue weighted by Crippen LogP contribution is -2.55. The second-order valence-corrected chi connectivity index (χ2v) is 6.32. The number of carbonyl (C=O) groups excluding carboxylic acids is 2. The van der Waals surface area contributed by atoms with Crippen LogP contribution >= 0.6 is 0 Å². The van der Waals surface area contributed by atoms with Gasteiger partial charge in [0.2, 0.25) is 0 Å². The molecule has 22 heavy (non-hydrogen) atoms. The first-order valence-electron chi connectivity index (χ1n) is 7.84. The summed E-state index contributed by atoms with van der Waals surface area (Å²) in [6.07, 6.45) is 4.73. The topological polar surface area (TPSA) is 74.3 Å². The Morgan fingerprint density at radius 1 is 1.41 bits per heavy atom. The number of aromatic nitrogens is 1. The van der Waals surface area contributed by atoms with Crippen LogP contribution in [0.15, 0.2) is 24.4 Å². The second kappa shape index (κ2) is 6.04. The van der Waals surface area contributed by atoms with Crippen molar-refractivity contribution in [3.05, 3.63) is 30.1 Å². The number of hydrogen-bond acceptors (Lipinski definition) is 4. The number of piperidine rings is 1. The third-order valence-corrected chi connectivity index (χ3v) is 4.80. The fourth-order valence-electron chi connectivity index (χ4n) is 3.39. The van der Waals surface area contributed by atoms with E-state index in [1.807, 2.05) is 31.3 Å². The van der Waals surface area contributed by atoms with Crippen molar-refractivity contribution in [2.45, 2.75) is 31.7 Å². The Bertz CT molecular complexity index is 563. The van der Waals surface area contributed by atoms with Crippen LogP contribution in [0.2, 0.25) is 0 Å². The van der Waals surface area contributed by atoms with E-state index in [2.05, 4.69) is 20.5 Å². The highest BCUT2D eigenvalue weighted by Gasteiger charge is 2.48. The average molecular weight is 302 g/mol. The van der Waals surface area contributed by atoms with E-state index in [4.69, 9.17) is 0 Å². The number of imide groups is 1. The van der Waals surface area contributed by atoms with Gasteiger partial charge >= 0.3 is 6.03 Å². The Labute approximate surface area is 130 Å².